The van der Waals surface area contributed by atoms with Crippen molar-refractivity contribution in [2.45, 2.75) is 12.8 Å². The number of allylic oxidation sites excluding steroid dienone is 1. The van der Waals surface area contributed by atoms with E-state index in [0.717, 1.165) is 10.5 Å². The average molecular weight is 328 g/mol. The number of carbonyl (C=O) groups excluding carboxylic acids is 2. The van der Waals surface area contributed by atoms with Crippen molar-refractivity contribution in [3.8, 4) is 0 Å². The normalized spacial score (nSPS) is 17.5. The Morgan fingerprint density at radius 1 is 1.42 bits per heavy atom. The monoisotopic (exact) mass is 328 g/mol. The maximum atomic E-state index is 12.2. The zero-order valence-electron chi connectivity index (χ0n) is 13.1. The Morgan fingerprint density at radius 3 is 2.75 bits per heavy atom. The Balaban J connectivity index is 2.11. The Hall–Kier alpha value is -3.36. The quantitative estimate of drug-likeness (QED) is 0.622. The van der Waals surface area contributed by atoms with Crippen molar-refractivity contribution < 1.29 is 14.3 Å². The van der Waals surface area contributed by atoms with Gasteiger partial charge in [-0.1, -0.05) is 12.1 Å². The first-order valence-corrected chi connectivity index (χ1v) is 7.12. The fourth-order valence-corrected chi connectivity index (χ4v) is 2.78. The van der Waals surface area contributed by atoms with E-state index in [2.05, 4.69) is 15.4 Å². The number of H-pyrrole nitrogens is 1. The van der Waals surface area contributed by atoms with Crippen molar-refractivity contribution in [2.24, 2.45) is 5.73 Å². The van der Waals surface area contributed by atoms with Crippen LogP contribution in [0.25, 0.3) is 11.0 Å². The fraction of sp³-hybridized carbons (Fsp3) is 0.200. The number of imidazole rings is 1. The number of nitrogens with zero attached hydrogens (tertiary/aromatic N) is 2. The number of benzene rings is 1. The number of para-hydroxylation sites is 2. The minimum Gasteiger partial charge on any atom is -0.466 e. The van der Waals surface area contributed by atoms with Crippen LogP contribution in [0.2, 0.25) is 0 Å². The number of methoxy groups -OCH3 is 1. The number of urea groups is 1. The molecule has 0 saturated carbocycles. The van der Waals surface area contributed by atoms with Gasteiger partial charge in [-0.2, -0.15) is 0 Å². The van der Waals surface area contributed by atoms with Crippen LogP contribution < -0.4 is 11.2 Å². The number of amides is 2. The highest BCUT2D eigenvalue weighted by atomic mass is 16.5. The van der Waals surface area contributed by atoms with E-state index in [9.17, 15) is 9.59 Å². The van der Waals surface area contributed by atoms with Gasteiger partial charge in [0.25, 0.3) is 0 Å². The number of hydrogen-bond acceptors (Lipinski definition) is 5. The van der Waals surface area contributed by atoms with Gasteiger partial charge in [-0.25, -0.2) is 25.0 Å². The molecular formula is C15H16N6O3. The lowest BCUT2D eigenvalue weighted by molar-refractivity contribution is -0.136. The van der Waals surface area contributed by atoms with Gasteiger partial charge >= 0.3 is 12.0 Å². The molecule has 1 aromatic carbocycles. The molecule has 1 aliphatic rings. The minimum absolute atomic E-state index is 0.0502. The van der Waals surface area contributed by atoms with E-state index >= 15 is 0 Å². The summed E-state index contributed by atoms with van der Waals surface area (Å²) in [4.78, 5) is 31.0. The zero-order valence-corrected chi connectivity index (χ0v) is 13.1. The van der Waals surface area contributed by atoms with Crippen LogP contribution in [0.1, 0.15) is 18.7 Å². The number of amidine groups is 1. The Bertz CT molecular complexity index is 851. The van der Waals surface area contributed by atoms with Crippen LogP contribution in [0.15, 0.2) is 35.5 Å². The SMILES string of the molecule is COC(=O)C1=C(C)N(NC(N)=O)C(=N)C1c1nc2ccccc2[nH]1. The number of nitrogens with two attached hydrogens (primary N) is 1. The van der Waals surface area contributed by atoms with Crippen LogP contribution in [0.4, 0.5) is 4.79 Å². The summed E-state index contributed by atoms with van der Waals surface area (Å²) in [5, 5.41) is 9.50. The molecule has 124 valence electrons. The molecule has 5 N–H and O–H groups in total. The predicted octanol–water partition coefficient (Wildman–Crippen LogP) is 0.970. The summed E-state index contributed by atoms with van der Waals surface area (Å²) >= 11 is 0. The maximum absolute atomic E-state index is 12.2. The topological polar surface area (TPSA) is 137 Å². The van der Waals surface area contributed by atoms with Crippen molar-refractivity contribution in [1.29, 1.82) is 5.41 Å². The van der Waals surface area contributed by atoms with Gasteiger partial charge in [0.2, 0.25) is 0 Å². The van der Waals surface area contributed by atoms with Crippen LogP contribution in [-0.4, -0.2) is 39.9 Å². The minimum atomic E-state index is -0.839. The van der Waals surface area contributed by atoms with E-state index < -0.39 is 17.9 Å². The van der Waals surface area contributed by atoms with Gasteiger partial charge in [0, 0.05) is 0 Å². The molecule has 1 unspecified atom stereocenters. The number of esters is 1. The van der Waals surface area contributed by atoms with E-state index in [-0.39, 0.29) is 11.4 Å². The third-order valence-corrected chi connectivity index (χ3v) is 3.84. The van der Waals surface area contributed by atoms with Crippen molar-refractivity contribution in [3.63, 3.8) is 0 Å². The van der Waals surface area contributed by atoms with Crippen molar-refractivity contribution in [1.82, 2.24) is 20.4 Å². The third kappa shape index (κ3) is 2.35. The van der Waals surface area contributed by atoms with Crippen LogP contribution in [-0.2, 0) is 9.53 Å². The molecule has 9 nitrogen and oxygen atoms in total. The largest absolute Gasteiger partial charge is 0.466 e. The van der Waals surface area contributed by atoms with Gasteiger partial charge in [0.05, 0.1) is 29.4 Å². The molecule has 1 atom stereocenters. The summed E-state index contributed by atoms with van der Waals surface area (Å²) in [6.07, 6.45) is 0. The molecule has 2 aromatic rings. The number of primary amides is 1. The fourth-order valence-electron chi connectivity index (χ4n) is 2.78. The molecule has 1 aromatic heterocycles. The molecule has 2 amide bonds. The summed E-state index contributed by atoms with van der Waals surface area (Å²) in [6, 6.07) is 6.53. The van der Waals surface area contributed by atoms with Gasteiger partial charge in [0.1, 0.15) is 17.6 Å². The van der Waals surface area contributed by atoms with Gasteiger partial charge in [-0.05, 0) is 19.1 Å². The number of nitrogens with one attached hydrogen (secondary N) is 3. The summed E-state index contributed by atoms with van der Waals surface area (Å²) in [6.45, 7) is 1.60. The van der Waals surface area contributed by atoms with Gasteiger partial charge < -0.3 is 15.5 Å². The average Bonchev–Trinajstić information content (AvgIpc) is 3.07. The Kier molecular flexibility index (Phi) is 3.68. The maximum Gasteiger partial charge on any atom is 0.336 e. The molecule has 2 heterocycles. The van der Waals surface area contributed by atoms with Crippen LogP contribution in [0.5, 0.6) is 0 Å². The molecule has 1 aliphatic heterocycles. The molecule has 0 radical (unpaired) electrons. The predicted molar refractivity (Wildman–Crippen MR) is 85.8 cm³/mol. The third-order valence-electron chi connectivity index (χ3n) is 3.84. The molecule has 0 fully saturated rings. The highest BCUT2D eigenvalue weighted by Gasteiger charge is 2.42. The Morgan fingerprint density at radius 2 is 2.12 bits per heavy atom. The number of carbonyl (C=O) groups is 2. The smallest absolute Gasteiger partial charge is 0.336 e. The number of aromatic nitrogens is 2. The number of ether oxygens (including phenoxy) is 1. The van der Waals surface area contributed by atoms with Crippen LogP contribution in [0, 0.1) is 5.41 Å². The number of fused-ring (bicyclic) bond motifs is 1. The summed E-state index contributed by atoms with van der Waals surface area (Å²) in [5.74, 6) is -1.03. The van der Waals surface area contributed by atoms with E-state index in [1.165, 1.54) is 7.11 Å². The first kappa shape index (κ1) is 15.5. The Labute approximate surface area is 137 Å². The van der Waals surface area contributed by atoms with E-state index in [0.29, 0.717) is 17.0 Å². The van der Waals surface area contributed by atoms with E-state index in [1.807, 2.05) is 24.3 Å². The molecule has 3 rings (SSSR count). The highest BCUT2D eigenvalue weighted by molar-refractivity contribution is 6.06. The number of hydrazine groups is 1. The molecule has 0 aliphatic carbocycles. The molecule has 9 heteroatoms. The van der Waals surface area contributed by atoms with E-state index in [1.54, 1.807) is 6.92 Å². The highest BCUT2D eigenvalue weighted by Crippen LogP contribution is 2.36. The summed E-state index contributed by atoms with van der Waals surface area (Å²) in [5.41, 5.74) is 9.54. The molecule has 24 heavy (non-hydrogen) atoms. The number of aromatic amines is 1. The number of hydrogen-bond donors (Lipinski definition) is 4. The van der Waals surface area contributed by atoms with Gasteiger partial charge in [-0.15, -0.1) is 0 Å². The summed E-state index contributed by atoms with van der Waals surface area (Å²) in [7, 11) is 1.26. The first-order chi connectivity index (χ1) is 11.4. The van der Waals surface area contributed by atoms with Crippen LogP contribution >= 0.6 is 0 Å². The first-order valence-electron chi connectivity index (χ1n) is 7.12. The molecule has 0 spiro atoms. The van der Waals surface area contributed by atoms with Crippen molar-refractivity contribution >= 4 is 28.9 Å². The summed E-state index contributed by atoms with van der Waals surface area (Å²) < 4.78 is 4.83. The second-order valence-electron chi connectivity index (χ2n) is 5.26. The van der Waals surface area contributed by atoms with Crippen molar-refractivity contribution in [3.05, 3.63) is 41.4 Å². The molecule has 0 bridgehead atoms. The van der Waals surface area contributed by atoms with Gasteiger partial charge in [-0.3, -0.25) is 5.41 Å². The van der Waals surface area contributed by atoms with Crippen LogP contribution in [0.3, 0.4) is 0 Å². The van der Waals surface area contributed by atoms with Crippen molar-refractivity contribution in [2.75, 3.05) is 7.11 Å². The number of rotatable bonds is 3. The molecular weight excluding hydrogens is 312 g/mol. The lowest BCUT2D eigenvalue weighted by Gasteiger charge is -2.20. The standard InChI is InChI=1S/C15H16N6O3/c1-7-10(14(22)24-2)11(12(16)21(7)20-15(17)23)13-18-8-5-3-4-6-9(8)19-13/h3-6,11,16H,1-2H3,(H,18,19)(H3,17,20,23). The lowest BCUT2D eigenvalue weighted by Crippen LogP contribution is -2.45. The van der Waals surface area contributed by atoms with Gasteiger partial charge in [0.15, 0.2) is 0 Å². The zero-order chi connectivity index (χ0) is 17.4. The molecule has 0 saturated heterocycles. The second kappa shape index (κ2) is 5.69. The second-order valence-corrected chi connectivity index (χ2v) is 5.26. The van der Waals surface area contributed by atoms with E-state index in [4.69, 9.17) is 15.9 Å². The lowest BCUT2D eigenvalue weighted by atomic mass is 9.99.